The summed E-state index contributed by atoms with van der Waals surface area (Å²) in [5.41, 5.74) is 1.87. The third-order valence-electron chi connectivity index (χ3n) is 3.64. The average molecular weight is 342 g/mol. The number of amides is 1. The van der Waals surface area contributed by atoms with Crippen LogP contribution in [0.4, 0.5) is 5.69 Å². The number of hydrogen-bond acceptors (Lipinski definition) is 5. The Morgan fingerprint density at radius 1 is 1.38 bits per heavy atom. The zero-order valence-corrected chi connectivity index (χ0v) is 14.5. The van der Waals surface area contributed by atoms with Crippen molar-refractivity contribution in [1.29, 1.82) is 0 Å². The van der Waals surface area contributed by atoms with Gasteiger partial charge in [0.25, 0.3) is 5.91 Å². The van der Waals surface area contributed by atoms with E-state index in [0.717, 1.165) is 15.9 Å². The lowest BCUT2D eigenvalue weighted by Crippen LogP contribution is -1.99. The zero-order chi connectivity index (χ0) is 17.3. The molecule has 0 saturated heterocycles. The first-order valence-electron chi connectivity index (χ1n) is 7.65. The number of carbonyl (C=O) groups excluding carboxylic acids is 1. The summed E-state index contributed by atoms with van der Waals surface area (Å²) >= 11 is 1.49. The number of benzene rings is 1. The molecule has 3 rings (SSSR count). The Labute approximate surface area is 143 Å². The van der Waals surface area contributed by atoms with Gasteiger partial charge in [0.2, 0.25) is 5.88 Å². The summed E-state index contributed by atoms with van der Waals surface area (Å²) in [7, 11) is 0. The SMILES string of the molecule is Cc1nc(CC(=O)N=Nc2c(O)n(C(C)C)c3ccccc23)cs1. The molecular formula is C17H18N4O2S. The Balaban J connectivity index is 1.92. The van der Waals surface area contributed by atoms with E-state index in [9.17, 15) is 9.90 Å². The standard InChI is InChI=1S/C17H18N4O2S/c1-10(2)21-14-7-5-4-6-13(14)16(17(21)23)20-19-15(22)8-12-9-24-11(3)18-12/h4-7,9-10,23H,8H2,1-3H3. The van der Waals surface area contributed by atoms with Crippen molar-refractivity contribution in [1.82, 2.24) is 9.55 Å². The molecule has 0 aliphatic carbocycles. The number of fused-ring (bicyclic) bond motifs is 1. The zero-order valence-electron chi connectivity index (χ0n) is 13.7. The number of nitrogens with zero attached hydrogens (tertiary/aromatic N) is 4. The van der Waals surface area contributed by atoms with E-state index in [1.165, 1.54) is 11.3 Å². The molecule has 0 saturated carbocycles. The van der Waals surface area contributed by atoms with E-state index in [0.29, 0.717) is 11.4 Å². The molecule has 0 aliphatic rings. The maximum absolute atomic E-state index is 12.0. The van der Waals surface area contributed by atoms with Gasteiger partial charge in [-0.05, 0) is 26.8 Å². The number of aryl methyl sites for hydroxylation is 1. The second-order valence-corrected chi connectivity index (χ2v) is 6.84. The monoisotopic (exact) mass is 342 g/mol. The summed E-state index contributed by atoms with van der Waals surface area (Å²) in [6.07, 6.45) is 0.109. The molecule has 0 atom stereocenters. The molecule has 6 nitrogen and oxygen atoms in total. The number of para-hydroxylation sites is 1. The first-order valence-corrected chi connectivity index (χ1v) is 8.52. The lowest BCUT2D eigenvalue weighted by molar-refractivity contribution is -0.117. The molecule has 0 aliphatic heterocycles. The fourth-order valence-electron chi connectivity index (χ4n) is 2.64. The molecular weight excluding hydrogens is 324 g/mol. The van der Waals surface area contributed by atoms with Gasteiger partial charge in [-0.2, -0.15) is 0 Å². The van der Waals surface area contributed by atoms with Gasteiger partial charge in [0.1, 0.15) is 0 Å². The van der Waals surface area contributed by atoms with Crippen molar-refractivity contribution in [2.24, 2.45) is 10.2 Å². The Morgan fingerprint density at radius 3 is 2.79 bits per heavy atom. The highest BCUT2D eigenvalue weighted by atomic mass is 32.1. The van der Waals surface area contributed by atoms with Gasteiger partial charge in [0.15, 0.2) is 5.69 Å². The highest BCUT2D eigenvalue weighted by Gasteiger charge is 2.18. The van der Waals surface area contributed by atoms with Gasteiger partial charge in [-0.15, -0.1) is 21.6 Å². The summed E-state index contributed by atoms with van der Waals surface area (Å²) in [6, 6.07) is 7.60. The van der Waals surface area contributed by atoms with Crippen LogP contribution in [-0.4, -0.2) is 20.6 Å². The quantitative estimate of drug-likeness (QED) is 0.707. The second-order valence-electron chi connectivity index (χ2n) is 5.78. The van der Waals surface area contributed by atoms with Gasteiger partial charge in [0.05, 0.1) is 22.6 Å². The van der Waals surface area contributed by atoms with Gasteiger partial charge in [-0.1, -0.05) is 18.2 Å². The van der Waals surface area contributed by atoms with Crippen LogP contribution in [-0.2, 0) is 11.2 Å². The highest BCUT2D eigenvalue weighted by Crippen LogP contribution is 2.40. The molecule has 2 aromatic heterocycles. The molecule has 124 valence electrons. The summed E-state index contributed by atoms with van der Waals surface area (Å²) in [5, 5.41) is 21.8. The average Bonchev–Trinajstić information content (AvgIpc) is 3.05. The number of aromatic nitrogens is 2. The van der Waals surface area contributed by atoms with E-state index in [-0.39, 0.29) is 24.2 Å². The number of hydrogen-bond donors (Lipinski definition) is 1. The van der Waals surface area contributed by atoms with Gasteiger partial charge >= 0.3 is 0 Å². The van der Waals surface area contributed by atoms with Crippen molar-refractivity contribution in [3.8, 4) is 5.88 Å². The van der Waals surface area contributed by atoms with Crippen molar-refractivity contribution < 1.29 is 9.90 Å². The number of rotatable bonds is 4. The largest absolute Gasteiger partial charge is 0.493 e. The van der Waals surface area contributed by atoms with Crippen molar-refractivity contribution in [3.63, 3.8) is 0 Å². The van der Waals surface area contributed by atoms with E-state index in [1.807, 2.05) is 50.4 Å². The van der Waals surface area contributed by atoms with Gasteiger partial charge in [0, 0.05) is 16.8 Å². The molecule has 2 heterocycles. The first-order chi connectivity index (χ1) is 11.5. The van der Waals surface area contributed by atoms with E-state index in [4.69, 9.17) is 0 Å². The van der Waals surface area contributed by atoms with Crippen molar-refractivity contribution >= 4 is 33.8 Å². The number of thiazole rings is 1. The molecule has 1 amide bonds. The number of carbonyl (C=O) groups is 1. The Kier molecular flexibility index (Phi) is 4.44. The number of aromatic hydroxyl groups is 1. The van der Waals surface area contributed by atoms with Crippen LogP contribution in [0.25, 0.3) is 10.9 Å². The third-order valence-corrected chi connectivity index (χ3v) is 4.46. The minimum absolute atomic E-state index is 0.0206. The summed E-state index contributed by atoms with van der Waals surface area (Å²) in [4.78, 5) is 16.2. The normalized spacial score (nSPS) is 11.8. The van der Waals surface area contributed by atoms with Crippen LogP contribution >= 0.6 is 11.3 Å². The molecule has 0 radical (unpaired) electrons. The van der Waals surface area contributed by atoms with E-state index < -0.39 is 0 Å². The minimum Gasteiger partial charge on any atom is -0.493 e. The fourth-order valence-corrected chi connectivity index (χ4v) is 3.25. The van der Waals surface area contributed by atoms with Gasteiger partial charge in [-0.25, -0.2) is 4.98 Å². The van der Waals surface area contributed by atoms with E-state index in [2.05, 4.69) is 15.2 Å². The predicted octanol–water partition coefficient (Wildman–Crippen LogP) is 4.55. The molecule has 7 heteroatoms. The van der Waals surface area contributed by atoms with Crippen LogP contribution in [0.5, 0.6) is 5.88 Å². The predicted molar refractivity (Wildman–Crippen MR) is 94.1 cm³/mol. The van der Waals surface area contributed by atoms with Crippen molar-refractivity contribution in [2.45, 2.75) is 33.2 Å². The highest BCUT2D eigenvalue weighted by molar-refractivity contribution is 7.09. The fraction of sp³-hybridized carbons (Fsp3) is 0.294. The molecule has 3 aromatic rings. The number of azo groups is 1. The molecule has 0 fully saturated rings. The Hall–Kier alpha value is -2.54. The molecule has 0 unspecified atom stereocenters. The van der Waals surface area contributed by atoms with Gasteiger partial charge < -0.3 is 9.67 Å². The second kappa shape index (κ2) is 6.52. The third kappa shape index (κ3) is 3.07. The van der Waals surface area contributed by atoms with Crippen LogP contribution in [0, 0.1) is 6.92 Å². The lowest BCUT2D eigenvalue weighted by Gasteiger charge is -2.10. The van der Waals surface area contributed by atoms with E-state index >= 15 is 0 Å². The van der Waals surface area contributed by atoms with Crippen molar-refractivity contribution in [3.05, 3.63) is 40.3 Å². The van der Waals surface area contributed by atoms with Crippen LogP contribution in [0.15, 0.2) is 39.9 Å². The summed E-state index contributed by atoms with van der Waals surface area (Å²) in [5.74, 6) is -0.367. The van der Waals surface area contributed by atoms with Crippen LogP contribution in [0.2, 0.25) is 0 Å². The first kappa shape index (κ1) is 16.3. The molecule has 1 aromatic carbocycles. The molecule has 24 heavy (non-hydrogen) atoms. The molecule has 0 spiro atoms. The van der Waals surface area contributed by atoms with Crippen LogP contribution < -0.4 is 0 Å². The lowest BCUT2D eigenvalue weighted by atomic mass is 10.2. The van der Waals surface area contributed by atoms with E-state index in [1.54, 1.807) is 4.57 Å². The smallest absolute Gasteiger partial charge is 0.270 e. The minimum atomic E-state index is -0.388. The van der Waals surface area contributed by atoms with Gasteiger partial charge in [-0.3, -0.25) is 4.79 Å². The van der Waals surface area contributed by atoms with Crippen molar-refractivity contribution in [2.75, 3.05) is 0 Å². The molecule has 0 bridgehead atoms. The topological polar surface area (TPSA) is 79.8 Å². The van der Waals surface area contributed by atoms with Crippen LogP contribution in [0.1, 0.15) is 30.6 Å². The maximum atomic E-state index is 12.0. The maximum Gasteiger partial charge on any atom is 0.270 e. The Bertz CT molecular complexity index is 924. The molecule has 1 N–H and O–H groups in total. The van der Waals surface area contributed by atoms with Crippen LogP contribution in [0.3, 0.4) is 0 Å². The Morgan fingerprint density at radius 2 is 2.12 bits per heavy atom. The summed E-state index contributed by atoms with van der Waals surface area (Å²) in [6.45, 7) is 5.84. The summed E-state index contributed by atoms with van der Waals surface area (Å²) < 4.78 is 1.78.